The lowest BCUT2D eigenvalue weighted by Crippen LogP contribution is -2.28. The molecule has 0 aliphatic rings. The van der Waals surface area contributed by atoms with Crippen molar-refractivity contribution in [3.63, 3.8) is 0 Å². The Labute approximate surface area is 341 Å². The molecule has 0 bridgehead atoms. The fourth-order valence-electron chi connectivity index (χ4n) is 6.77. The van der Waals surface area contributed by atoms with Crippen LogP contribution in [-0.4, -0.2) is 36.4 Å². The summed E-state index contributed by atoms with van der Waals surface area (Å²) in [5.74, 6) is -0.619. The largest absolute Gasteiger partial charge is 0.462 e. The summed E-state index contributed by atoms with van der Waals surface area (Å²) in [6, 6.07) is 0. The maximum Gasteiger partial charge on any atom is 0.306 e. The van der Waals surface area contributed by atoms with Gasteiger partial charge in [0.15, 0.2) is 6.10 Å². The minimum absolute atomic E-state index is 0.0769. The lowest BCUT2D eigenvalue weighted by molar-refractivity contribution is -0.161. The van der Waals surface area contributed by atoms with Gasteiger partial charge in [0, 0.05) is 12.8 Å². The number of ether oxygens (including phenoxy) is 2. The molecule has 5 nitrogen and oxygen atoms in total. The highest BCUT2D eigenvalue weighted by atomic mass is 16.6. The number of hydrogen-bond acceptors (Lipinski definition) is 5. The van der Waals surface area contributed by atoms with Gasteiger partial charge in [0.25, 0.3) is 0 Å². The van der Waals surface area contributed by atoms with Crippen LogP contribution < -0.4 is 0 Å². The van der Waals surface area contributed by atoms with E-state index in [2.05, 4.69) is 62.5 Å². The van der Waals surface area contributed by atoms with Gasteiger partial charge < -0.3 is 14.6 Å². The highest BCUT2D eigenvalue weighted by Gasteiger charge is 2.16. The van der Waals surface area contributed by atoms with Crippen molar-refractivity contribution < 1.29 is 24.2 Å². The first kappa shape index (κ1) is 52.9. The van der Waals surface area contributed by atoms with Crippen molar-refractivity contribution in [3.05, 3.63) is 48.6 Å². The van der Waals surface area contributed by atoms with Crippen LogP contribution in [0.3, 0.4) is 0 Å². The van der Waals surface area contributed by atoms with Gasteiger partial charge in [-0.3, -0.25) is 9.59 Å². The number of carbonyl (C=O) groups excluding carboxylic acids is 2. The highest BCUT2D eigenvalue weighted by Crippen LogP contribution is 2.16. The van der Waals surface area contributed by atoms with Crippen LogP contribution in [0, 0.1) is 0 Å². The van der Waals surface area contributed by atoms with Gasteiger partial charge in [0.05, 0.1) is 6.61 Å². The molecular weight excluding hydrogens is 681 g/mol. The quantitative estimate of drug-likeness (QED) is 0.0380. The molecule has 0 spiro atoms. The van der Waals surface area contributed by atoms with E-state index in [0.717, 1.165) is 64.2 Å². The molecule has 5 heteroatoms. The van der Waals surface area contributed by atoms with Gasteiger partial charge in [-0.1, -0.05) is 217 Å². The molecule has 0 saturated carbocycles. The van der Waals surface area contributed by atoms with E-state index >= 15 is 0 Å². The number of hydrogen-bond donors (Lipinski definition) is 1. The first-order valence-electron chi connectivity index (χ1n) is 23.7. The van der Waals surface area contributed by atoms with Crippen molar-refractivity contribution in [2.75, 3.05) is 13.2 Å². The Hall–Kier alpha value is -2.14. The smallest absolute Gasteiger partial charge is 0.306 e. The van der Waals surface area contributed by atoms with Gasteiger partial charge >= 0.3 is 11.9 Å². The van der Waals surface area contributed by atoms with Crippen molar-refractivity contribution >= 4 is 11.9 Å². The second kappa shape index (κ2) is 46.2. The van der Waals surface area contributed by atoms with Gasteiger partial charge in [-0.25, -0.2) is 0 Å². The van der Waals surface area contributed by atoms with Crippen LogP contribution in [0.5, 0.6) is 0 Å². The van der Waals surface area contributed by atoms with Crippen molar-refractivity contribution in [1.29, 1.82) is 0 Å². The molecular formula is C50H90O5. The lowest BCUT2D eigenvalue weighted by Gasteiger charge is -2.15. The second-order valence-corrected chi connectivity index (χ2v) is 15.8. The zero-order valence-corrected chi connectivity index (χ0v) is 36.4. The normalized spacial score (nSPS) is 12.6. The highest BCUT2D eigenvalue weighted by molar-refractivity contribution is 5.70. The molecule has 0 unspecified atom stereocenters. The van der Waals surface area contributed by atoms with E-state index in [0.29, 0.717) is 12.8 Å². The van der Waals surface area contributed by atoms with Crippen LogP contribution in [0.15, 0.2) is 48.6 Å². The van der Waals surface area contributed by atoms with E-state index in [-0.39, 0.29) is 25.2 Å². The third-order valence-electron chi connectivity index (χ3n) is 10.4. The number of aliphatic hydroxyl groups is 1. The molecule has 0 aromatic heterocycles. The maximum absolute atomic E-state index is 12.2. The molecule has 0 aliphatic heterocycles. The number of esters is 2. The summed E-state index contributed by atoms with van der Waals surface area (Å²) in [7, 11) is 0. The summed E-state index contributed by atoms with van der Waals surface area (Å²) in [6.07, 6.45) is 59.1. The molecule has 0 aromatic rings. The fraction of sp³-hybridized carbons (Fsp3) is 0.800. The third-order valence-corrected chi connectivity index (χ3v) is 10.4. The monoisotopic (exact) mass is 771 g/mol. The predicted octanol–water partition coefficient (Wildman–Crippen LogP) is 15.4. The number of allylic oxidation sites excluding steroid dienone is 8. The number of rotatable bonds is 43. The van der Waals surface area contributed by atoms with Crippen LogP contribution >= 0.6 is 0 Å². The van der Waals surface area contributed by atoms with Gasteiger partial charge in [-0.2, -0.15) is 0 Å². The Bertz CT molecular complexity index is 919. The SMILES string of the molecule is CCCCC/C=C/C/C=C/C/C=C/C/C=C/CCCCCC(=O)O[C@@H](CO)COC(=O)CCCCCCCCCCCCCCCCCCCCCCCC. The molecule has 1 N–H and O–H groups in total. The molecule has 0 radical (unpaired) electrons. The molecule has 0 amide bonds. The summed E-state index contributed by atoms with van der Waals surface area (Å²) >= 11 is 0. The van der Waals surface area contributed by atoms with Crippen LogP contribution in [0.25, 0.3) is 0 Å². The topological polar surface area (TPSA) is 72.8 Å². The summed E-state index contributed by atoms with van der Waals surface area (Å²) in [6.45, 7) is 4.11. The molecule has 0 aliphatic carbocycles. The molecule has 55 heavy (non-hydrogen) atoms. The third kappa shape index (κ3) is 44.4. The standard InChI is InChI=1S/C50H90O5/c1-3-5-7-9-11-13-15-17-19-21-23-24-25-27-28-30-32-34-36-38-40-42-44-49(52)54-47-48(46-51)55-50(53)45-43-41-39-37-35-33-31-29-26-22-20-18-16-14-12-10-8-6-4-2/h12,14,18,20,26,29,33,35,48,51H,3-11,13,15-17,19,21-25,27-28,30-32,34,36-47H2,1-2H3/b14-12+,20-18+,29-26+,35-33+/t48-/m0/s1. The Morgan fingerprint density at radius 2 is 0.727 bits per heavy atom. The zero-order chi connectivity index (χ0) is 40.0. The van der Waals surface area contributed by atoms with E-state index < -0.39 is 6.10 Å². The molecule has 0 heterocycles. The Kier molecular flexibility index (Phi) is 44.4. The Morgan fingerprint density at radius 1 is 0.418 bits per heavy atom. The minimum atomic E-state index is -0.787. The fourth-order valence-corrected chi connectivity index (χ4v) is 6.77. The summed E-state index contributed by atoms with van der Waals surface area (Å²) < 4.78 is 10.6. The molecule has 0 fully saturated rings. The molecule has 0 aromatic carbocycles. The molecule has 1 atom stereocenters. The van der Waals surface area contributed by atoms with Gasteiger partial charge in [-0.05, 0) is 57.8 Å². The lowest BCUT2D eigenvalue weighted by atomic mass is 10.0. The number of aliphatic hydroxyl groups excluding tert-OH is 1. The van der Waals surface area contributed by atoms with Crippen LogP contribution in [-0.2, 0) is 19.1 Å². The van der Waals surface area contributed by atoms with E-state index in [4.69, 9.17) is 9.47 Å². The summed E-state index contributed by atoms with van der Waals surface area (Å²) in [5.41, 5.74) is 0. The van der Waals surface area contributed by atoms with E-state index in [9.17, 15) is 14.7 Å². The summed E-state index contributed by atoms with van der Waals surface area (Å²) in [5, 5.41) is 9.60. The van der Waals surface area contributed by atoms with E-state index in [1.807, 2.05) is 0 Å². The van der Waals surface area contributed by atoms with Crippen molar-refractivity contribution in [3.8, 4) is 0 Å². The van der Waals surface area contributed by atoms with E-state index in [1.54, 1.807) is 0 Å². The van der Waals surface area contributed by atoms with Crippen molar-refractivity contribution in [1.82, 2.24) is 0 Å². The van der Waals surface area contributed by atoms with Crippen molar-refractivity contribution in [2.24, 2.45) is 0 Å². The number of unbranched alkanes of at least 4 members (excludes halogenated alkanes) is 27. The van der Waals surface area contributed by atoms with Gasteiger partial charge in [0.1, 0.15) is 6.61 Å². The first-order valence-corrected chi connectivity index (χ1v) is 23.7. The Morgan fingerprint density at radius 3 is 1.13 bits per heavy atom. The van der Waals surface area contributed by atoms with E-state index in [1.165, 1.54) is 148 Å². The van der Waals surface area contributed by atoms with Crippen LogP contribution in [0.1, 0.15) is 239 Å². The second-order valence-electron chi connectivity index (χ2n) is 15.8. The van der Waals surface area contributed by atoms with Crippen molar-refractivity contribution in [2.45, 2.75) is 245 Å². The first-order chi connectivity index (χ1) is 27.1. The minimum Gasteiger partial charge on any atom is -0.462 e. The predicted molar refractivity (Wildman–Crippen MR) is 237 cm³/mol. The van der Waals surface area contributed by atoms with Gasteiger partial charge in [-0.15, -0.1) is 0 Å². The molecule has 320 valence electrons. The van der Waals surface area contributed by atoms with Crippen LogP contribution in [0.4, 0.5) is 0 Å². The average Bonchev–Trinajstić information content (AvgIpc) is 3.19. The molecule has 0 rings (SSSR count). The maximum atomic E-state index is 12.2. The molecule has 0 saturated heterocycles. The zero-order valence-electron chi connectivity index (χ0n) is 36.4. The number of carbonyl (C=O) groups is 2. The average molecular weight is 771 g/mol. The van der Waals surface area contributed by atoms with Crippen LogP contribution in [0.2, 0.25) is 0 Å². The van der Waals surface area contributed by atoms with Gasteiger partial charge in [0.2, 0.25) is 0 Å². The summed E-state index contributed by atoms with van der Waals surface area (Å²) in [4.78, 5) is 24.4. The Balaban J connectivity index is 3.54.